The number of hydrogen-bond acceptors (Lipinski definition) is 5. The van der Waals surface area contributed by atoms with Crippen LogP contribution in [0.1, 0.15) is 58.8 Å². The second-order valence-electron chi connectivity index (χ2n) is 7.92. The summed E-state index contributed by atoms with van der Waals surface area (Å²) in [6.45, 7) is 10.9. The number of aromatic hydroxyl groups is 1. The molecule has 0 saturated heterocycles. The predicted molar refractivity (Wildman–Crippen MR) is 92.0 cm³/mol. The molecule has 2 unspecified atom stereocenters. The molecule has 24 heavy (non-hydrogen) atoms. The van der Waals surface area contributed by atoms with Crippen molar-refractivity contribution in [2.45, 2.75) is 64.8 Å². The van der Waals surface area contributed by atoms with E-state index in [4.69, 9.17) is 4.74 Å². The maximum atomic E-state index is 11.6. The second-order valence-corrected chi connectivity index (χ2v) is 7.92. The molecule has 0 saturated carbocycles. The summed E-state index contributed by atoms with van der Waals surface area (Å²) in [4.78, 5) is 11.6. The minimum Gasteiger partial charge on any atom is -0.508 e. The molecule has 1 amide bonds. The lowest BCUT2D eigenvalue weighted by molar-refractivity contribution is 0.0128. The van der Waals surface area contributed by atoms with Gasteiger partial charge in [-0.1, -0.05) is 26.8 Å². The summed E-state index contributed by atoms with van der Waals surface area (Å²) in [5.41, 5.74) is 0.203. The van der Waals surface area contributed by atoms with E-state index in [2.05, 4.69) is 5.32 Å². The van der Waals surface area contributed by atoms with Crippen LogP contribution < -0.4 is 5.32 Å². The van der Waals surface area contributed by atoms with E-state index in [1.165, 1.54) is 6.07 Å². The Kier molecular flexibility index (Phi) is 6.25. The number of phenols is 1. The maximum absolute atomic E-state index is 11.6. The van der Waals surface area contributed by atoms with Gasteiger partial charge in [0.1, 0.15) is 23.6 Å². The fourth-order valence-corrected chi connectivity index (χ4v) is 2.17. The van der Waals surface area contributed by atoms with E-state index in [1.54, 1.807) is 32.9 Å². The summed E-state index contributed by atoms with van der Waals surface area (Å²) in [6.07, 6.45) is -3.05. The van der Waals surface area contributed by atoms with Gasteiger partial charge in [0, 0.05) is 6.54 Å². The molecular formula is C18H29NO5. The number of alkyl carbamates (subject to hydrolysis) is 1. The molecule has 0 heterocycles. The Morgan fingerprint density at radius 2 is 1.75 bits per heavy atom. The van der Waals surface area contributed by atoms with E-state index >= 15 is 0 Å². The lowest BCUT2D eigenvalue weighted by Crippen LogP contribution is -2.38. The molecular weight excluding hydrogens is 310 g/mol. The first-order valence-electron chi connectivity index (χ1n) is 7.97. The summed E-state index contributed by atoms with van der Waals surface area (Å²) in [5.74, 6) is 0.139. The van der Waals surface area contributed by atoms with Crippen molar-refractivity contribution in [3.8, 4) is 5.75 Å². The first-order valence-corrected chi connectivity index (χ1v) is 7.97. The molecule has 2 atom stereocenters. The number of rotatable bonds is 4. The highest BCUT2D eigenvalue weighted by atomic mass is 16.6. The summed E-state index contributed by atoms with van der Waals surface area (Å²) < 4.78 is 5.08. The van der Waals surface area contributed by atoms with Gasteiger partial charge in [-0.25, -0.2) is 4.79 Å². The van der Waals surface area contributed by atoms with Gasteiger partial charge in [0.05, 0.1) is 0 Å². The summed E-state index contributed by atoms with van der Waals surface area (Å²) >= 11 is 0. The van der Waals surface area contributed by atoms with Gasteiger partial charge in [0.15, 0.2) is 0 Å². The predicted octanol–water partition coefficient (Wildman–Crippen LogP) is 2.61. The lowest BCUT2D eigenvalue weighted by Gasteiger charge is -2.24. The van der Waals surface area contributed by atoms with Gasteiger partial charge in [-0.05, 0) is 49.4 Å². The van der Waals surface area contributed by atoms with Gasteiger partial charge in [0.25, 0.3) is 0 Å². The van der Waals surface area contributed by atoms with Crippen LogP contribution in [-0.2, 0) is 10.2 Å². The van der Waals surface area contributed by atoms with E-state index in [-0.39, 0.29) is 17.7 Å². The molecule has 1 aromatic rings. The van der Waals surface area contributed by atoms with E-state index in [0.29, 0.717) is 11.1 Å². The van der Waals surface area contributed by atoms with Crippen LogP contribution in [0, 0.1) is 0 Å². The third-order valence-electron chi connectivity index (χ3n) is 3.39. The minimum atomic E-state index is -1.20. The molecule has 0 bridgehead atoms. The third-order valence-corrected chi connectivity index (χ3v) is 3.39. The first-order chi connectivity index (χ1) is 10.8. The highest BCUT2D eigenvalue weighted by Crippen LogP contribution is 2.33. The fraction of sp³-hybridized carbons (Fsp3) is 0.611. The van der Waals surface area contributed by atoms with Gasteiger partial charge in [-0.3, -0.25) is 0 Å². The van der Waals surface area contributed by atoms with Crippen LogP contribution in [0.4, 0.5) is 4.79 Å². The quantitative estimate of drug-likeness (QED) is 0.676. The average molecular weight is 339 g/mol. The molecule has 0 spiro atoms. The SMILES string of the molecule is CC(C)(C)OC(=O)NCC(O)C(O)c1ccc(O)c(C(C)(C)C)c1. The van der Waals surface area contributed by atoms with Gasteiger partial charge >= 0.3 is 6.09 Å². The molecule has 0 aliphatic heterocycles. The number of ether oxygens (including phenoxy) is 1. The maximum Gasteiger partial charge on any atom is 0.407 e. The van der Waals surface area contributed by atoms with Crippen LogP contribution in [0.3, 0.4) is 0 Å². The number of amides is 1. The van der Waals surface area contributed by atoms with Crippen molar-refractivity contribution in [1.82, 2.24) is 5.32 Å². The summed E-state index contributed by atoms with van der Waals surface area (Å²) in [6, 6.07) is 4.70. The molecule has 0 aromatic heterocycles. The number of aliphatic hydroxyl groups is 2. The smallest absolute Gasteiger partial charge is 0.407 e. The Hall–Kier alpha value is -1.79. The van der Waals surface area contributed by atoms with Crippen molar-refractivity contribution in [2.24, 2.45) is 0 Å². The standard InChI is InChI=1S/C18H29NO5/c1-17(2,3)12-9-11(7-8-13(12)20)15(22)14(21)10-19-16(23)24-18(4,5)6/h7-9,14-15,20-22H,10H2,1-6H3,(H,19,23). The third kappa shape index (κ3) is 6.02. The van der Waals surface area contributed by atoms with Crippen molar-refractivity contribution >= 4 is 6.09 Å². The van der Waals surface area contributed by atoms with Gasteiger partial charge < -0.3 is 25.4 Å². The van der Waals surface area contributed by atoms with E-state index in [1.807, 2.05) is 20.8 Å². The number of carbonyl (C=O) groups excluding carboxylic acids is 1. The van der Waals surface area contributed by atoms with Crippen LogP contribution in [0.5, 0.6) is 5.75 Å². The number of phenolic OH excluding ortho intramolecular Hbond substituents is 1. The molecule has 4 N–H and O–H groups in total. The average Bonchev–Trinajstić information content (AvgIpc) is 2.41. The summed E-state index contributed by atoms with van der Waals surface area (Å²) in [5, 5.41) is 32.8. The first kappa shape index (κ1) is 20.3. The van der Waals surface area contributed by atoms with Crippen LogP contribution >= 0.6 is 0 Å². The van der Waals surface area contributed by atoms with E-state index < -0.39 is 23.9 Å². The van der Waals surface area contributed by atoms with Crippen molar-refractivity contribution in [3.63, 3.8) is 0 Å². The molecule has 136 valence electrons. The van der Waals surface area contributed by atoms with Crippen LogP contribution in [0.25, 0.3) is 0 Å². The number of aliphatic hydroxyl groups excluding tert-OH is 2. The normalized spacial score (nSPS) is 14.8. The Bertz CT molecular complexity index is 572. The van der Waals surface area contributed by atoms with E-state index in [9.17, 15) is 20.1 Å². The number of hydrogen-bond donors (Lipinski definition) is 4. The highest BCUT2D eigenvalue weighted by molar-refractivity contribution is 5.67. The van der Waals surface area contributed by atoms with Crippen molar-refractivity contribution < 1.29 is 24.9 Å². The zero-order chi connectivity index (χ0) is 18.7. The Morgan fingerprint density at radius 3 is 2.25 bits per heavy atom. The highest BCUT2D eigenvalue weighted by Gasteiger charge is 2.24. The Labute approximate surface area is 143 Å². The molecule has 6 heteroatoms. The van der Waals surface area contributed by atoms with E-state index in [0.717, 1.165) is 0 Å². The lowest BCUT2D eigenvalue weighted by atomic mass is 9.84. The zero-order valence-corrected chi connectivity index (χ0v) is 15.3. The molecule has 0 aliphatic rings. The van der Waals surface area contributed by atoms with Gasteiger partial charge in [0.2, 0.25) is 0 Å². The zero-order valence-electron chi connectivity index (χ0n) is 15.3. The number of benzene rings is 1. The monoisotopic (exact) mass is 339 g/mol. The van der Waals surface area contributed by atoms with Crippen LogP contribution in [-0.4, -0.2) is 39.7 Å². The van der Waals surface area contributed by atoms with Crippen molar-refractivity contribution in [3.05, 3.63) is 29.3 Å². The number of nitrogens with one attached hydrogen (secondary N) is 1. The minimum absolute atomic E-state index is 0.139. The molecule has 0 radical (unpaired) electrons. The topological polar surface area (TPSA) is 99.0 Å². The van der Waals surface area contributed by atoms with Crippen molar-refractivity contribution in [1.29, 1.82) is 0 Å². The summed E-state index contributed by atoms with van der Waals surface area (Å²) in [7, 11) is 0. The largest absolute Gasteiger partial charge is 0.508 e. The second kappa shape index (κ2) is 7.40. The molecule has 0 fully saturated rings. The molecule has 6 nitrogen and oxygen atoms in total. The molecule has 1 aromatic carbocycles. The van der Waals surface area contributed by atoms with Gasteiger partial charge in [-0.2, -0.15) is 0 Å². The number of carbonyl (C=O) groups is 1. The Balaban J connectivity index is 2.76. The fourth-order valence-electron chi connectivity index (χ4n) is 2.17. The van der Waals surface area contributed by atoms with Gasteiger partial charge in [-0.15, -0.1) is 0 Å². The van der Waals surface area contributed by atoms with Crippen molar-refractivity contribution in [2.75, 3.05) is 6.54 Å². The van der Waals surface area contributed by atoms with Crippen LogP contribution in [0.15, 0.2) is 18.2 Å². The Morgan fingerprint density at radius 1 is 1.17 bits per heavy atom. The molecule has 1 rings (SSSR count). The molecule has 0 aliphatic carbocycles. The van der Waals surface area contributed by atoms with Crippen LogP contribution in [0.2, 0.25) is 0 Å².